The lowest BCUT2D eigenvalue weighted by molar-refractivity contribution is -0.123. The van der Waals surface area contributed by atoms with Gasteiger partial charge in [-0.3, -0.25) is 4.79 Å². The number of carbonyl (C=O) groups excluding carboxylic acids is 1. The van der Waals surface area contributed by atoms with Gasteiger partial charge in [-0.15, -0.1) is 24.8 Å². The predicted octanol–water partition coefficient (Wildman–Crippen LogP) is 0.791. The van der Waals surface area contributed by atoms with Gasteiger partial charge in [0.1, 0.15) is 0 Å². The molecule has 2 unspecified atom stereocenters. The topological polar surface area (TPSA) is 64.6 Å². The van der Waals surface area contributed by atoms with Crippen LogP contribution in [-0.4, -0.2) is 60.8 Å². The lowest BCUT2D eigenvalue weighted by atomic mass is 9.96. The molecule has 126 valence electrons. The molecule has 0 aromatic carbocycles. The fourth-order valence-corrected chi connectivity index (χ4v) is 3.02. The highest BCUT2D eigenvalue weighted by atomic mass is 35.5. The summed E-state index contributed by atoms with van der Waals surface area (Å²) in [7, 11) is 0. The summed E-state index contributed by atoms with van der Waals surface area (Å²) in [6.07, 6.45) is 3.76. The zero-order valence-corrected chi connectivity index (χ0v) is 14.3. The van der Waals surface area contributed by atoms with Crippen molar-refractivity contribution in [3.05, 3.63) is 0 Å². The summed E-state index contributed by atoms with van der Waals surface area (Å²) >= 11 is 0. The van der Waals surface area contributed by atoms with Crippen molar-refractivity contribution in [2.45, 2.75) is 44.8 Å². The normalized spacial score (nSPS) is 26.8. The minimum absolute atomic E-state index is 0. The smallest absolute Gasteiger partial charge is 0.237 e. The van der Waals surface area contributed by atoms with Gasteiger partial charge in [0.05, 0.1) is 12.1 Å². The molecule has 2 atom stereocenters. The third-order valence-electron chi connectivity index (χ3n) is 4.24. The predicted molar refractivity (Wildman–Crippen MR) is 89.4 cm³/mol. The van der Waals surface area contributed by atoms with Crippen LogP contribution in [0.5, 0.6) is 0 Å². The minimum Gasteiger partial charge on any atom is -0.392 e. The molecule has 2 heterocycles. The third kappa shape index (κ3) is 6.70. The summed E-state index contributed by atoms with van der Waals surface area (Å²) in [5.41, 5.74) is 0. The number of hydrogen-bond acceptors (Lipinski definition) is 4. The first-order chi connectivity index (χ1) is 9.19. The molecule has 0 bridgehead atoms. The van der Waals surface area contributed by atoms with Crippen LogP contribution in [0.3, 0.4) is 0 Å². The molecule has 2 aliphatic heterocycles. The largest absolute Gasteiger partial charge is 0.392 e. The Bertz CT molecular complexity index is 300. The van der Waals surface area contributed by atoms with Crippen molar-refractivity contribution in [2.75, 3.05) is 32.7 Å². The van der Waals surface area contributed by atoms with Crippen LogP contribution in [0.2, 0.25) is 0 Å². The zero-order chi connectivity index (χ0) is 13.7. The van der Waals surface area contributed by atoms with Gasteiger partial charge < -0.3 is 20.6 Å². The molecule has 0 spiro atoms. The van der Waals surface area contributed by atoms with Crippen molar-refractivity contribution in [1.82, 2.24) is 15.5 Å². The molecule has 0 aromatic heterocycles. The Hall–Kier alpha value is -0.0700. The second kappa shape index (κ2) is 10.6. The van der Waals surface area contributed by atoms with E-state index in [0.717, 1.165) is 19.6 Å². The number of nitrogens with one attached hydrogen (secondary N) is 2. The Morgan fingerprint density at radius 1 is 1.33 bits per heavy atom. The Labute approximate surface area is 140 Å². The van der Waals surface area contributed by atoms with Crippen molar-refractivity contribution < 1.29 is 9.90 Å². The maximum Gasteiger partial charge on any atom is 0.237 e. The number of likely N-dealkylation sites (tertiary alicyclic amines) is 1. The average molecular weight is 342 g/mol. The van der Waals surface area contributed by atoms with E-state index in [1.165, 1.54) is 25.8 Å². The molecule has 2 fully saturated rings. The summed E-state index contributed by atoms with van der Waals surface area (Å²) in [5, 5.41) is 15.5. The van der Waals surface area contributed by atoms with Crippen molar-refractivity contribution >= 4 is 30.7 Å². The fraction of sp³-hybridized carbons (Fsp3) is 0.929. The lowest BCUT2D eigenvalue weighted by Crippen LogP contribution is -2.44. The van der Waals surface area contributed by atoms with Gasteiger partial charge in [-0.1, -0.05) is 6.92 Å². The van der Waals surface area contributed by atoms with Gasteiger partial charge in [-0.2, -0.15) is 0 Å². The van der Waals surface area contributed by atoms with Gasteiger partial charge >= 0.3 is 0 Å². The van der Waals surface area contributed by atoms with E-state index in [0.29, 0.717) is 18.9 Å². The van der Waals surface area contributed by atoms with Gasteiger partial charge in [0.25, 0.3) is 0 Å². The van der Waals surface area contributed by atoms with E-state index in [1.54, 1.807) is 0 Å². The van der Waals surface area contributed by atoms with E-state index < -0.39 is 0 Å². The molecule has 0 aromatic rings. The van der Waals surface area contributed by atoms with E-state index >= 15 is 0 Å². The Balaban J connectivity index is 0.00000200. The maximum atomic E-state index is 11.9. The SMILES string of the molecule is CCCN1CCC(CNC(=O)C2CC(O)CN2)CC1.Cl.Cl. The molecule has 0 radical (unpaired) electrons. The Kier molecular flexibility index (Phi) is 10.6. The molecule has 2 aliphatic rings. The minimum atomic E-state index is -0.368. The van der Waals surface area contributed by atoms with Gasteiger partial charge in [0.2, 0.25) is 5.91 Å². The standard InChI is InChI=1S/C14H27N3O2.2ClH/c1-2-5-17-6-3-11(4-7-17)9-16-14(19)13-8-12(18)10-15-13;;/h11-13,15,18H,2-10H2,1H3,(H,16,19);2*1H. The van der Waals surface area contributed by atoms with Gasteiger partial charge in [-0.25, -0.2) is 0 Å². The first-order valence-electron chi connectivity index (χ1n) is 7.60. The molecule has 2 rings (SSSR count). The number of aliphatic hydroxyl groups excluding tert-OH is 1. The van der Waals surface area contributed by atoms with Crippen LogP contribution >= 0.6 is 24.8 Å². The molecule has 3 N–H and O–H groups in total. The highest BCUT2D eigenvalue weighted by Crippen LogP contribution is 2.16. The summed E-state index contributed by atoms with van der Waals surface area (Å²) in [5.74, 6) is 0.663. The van der Waals surface area contributed by atoms with Gasteiger partial charge in [-0.05, 0) is 51.2 Å². The number of halogens is 2. The second-order valence-electron chi connectivity index (χ2n) is 5.88. The molecule has 21 heavy (non-hydrogen) atoms. The summed E-state index contributed by atoms with van der Waals surface area (Å²) in [4.78, 5) is 14.4. The third-order valence-corrected chi connectivity index (χ3v) is 4.24. The van der Waals surface area contributed by atoms with E-state index in [2.05, 4.69) is 22.5 Å². The monoisotopic (exact) mass is 341 g/mol. The van der Waals surface area contributed by atoms with Gasteiger partial charge in [0, 0.05) is 13.1 Å². The zero-order valence-electron chi connectivity index (χ0n) is 12.7. The maximum absolute atomic E-state index is 11.9. The summed E-state index contributed by atoms with van der Waals surface area (Å²) in [6.45, 7) is 7.06. The lowest BCUT2D eigenvalue weighted by Gasteiger charge is -2.31. The van der Waals surface area contributed by atoms with E-state index in [1.807, 2.05) is 0 Å². The first kappa shape index (κ1) is 20.9. The number of carbonyl (C=O) groups is 1. The van der Waals surface area contributed by atoms with Crippen LogP contribution in [0.1, 0.15) is 32.6 Å². The van der Waals surface area contributed by atoms with Crippen LogP contribution in [0.15, 0.2) is 0 Å². The number of β-amino-alcohol motifs (C(OH)–C–C–N with tert-alkyl or cyclic N) is 1. The molecule has 0 saturated carbocycles. The van der Waals surface area contributed by atoms with Crippen molar-refractivity contribution in [3.63, 3.8) is 0 Å². The van der Waals surface area contributed by atoms with E-state index in [4.69, 9.17) is 0 Å². The van der Waals surface area contributed by atoms with Crippen LogP contribution in [0, 0.1) is 5.92 Å². The number of rotatable bonds is 5. The first-order valence-corrected chi connectivity index (χ1v) is 7.60. The van der Waals surface area contributed by atoms with E-state index in [-0.39, 0.29) is 42.9 Å². The van der Waals surface area contributed by atoms with Gasteiger partial charge in [0.15, 0.2) is 0 Å². The Morgan fingerprint density at radius 2 is 2.00 bits per heavy atom. The van der Waals surface area contributed by atoms with Crippen LogP contribution in [-0.2, 0) is 4.79 Å². The second-order valence-corrected chi connectivity index (χ2v) is 5.88. The fourth-order valence-electron chi connectivity index (χ4n) is 3.02. The van der Waals surface area contributed by atoms with Crippen LogP contribution < -0.4 is 10.6 Å². The average Bonchev–Trinajstić information content (AvgIpc) is 2.85. The molecule has 1 amide bonds. The molecular formula is C14H29Cl2N3O2. The highest BCUT2D eigenvalue weighted by molar-refractivity contribution is 5.85. The molecular weight excluding hydrogens is 313 g/mol. The van der Waals surface area contributed by atoms with Crippen molar-refractivity contribution in [1.29, 1.82) is 0 Å². The van der Waals surface area contributed by atoms with E-state index in [9.17, 15) is 9.90 Å². The Morgan fingerprint density at radius 3 is 2.52 bits per heavy atom. The van der Waals surface area contributed by atoms with Crippen LogP contribution in [0.4, 0.5) is 0 Å². The number of aliphatic hydroxyl groups is 1. The number of amides is 1. The molecule has 5 nitrogen and oxygen atoms in total. The number of nitrogens with zero attached hydrogens (tertiary/aromatic N) is 1. The molecule has 0 aliphatic carbocycles. The summed E-state index contributed by atoms with van der Waals surface area (Å²) in [6, 6.07) is -0.199. The quantitative estimate of drug-likeness (QED) is 0.691. The molecule has 2 saturated heterocycles. The number of hydrogen-bond donors (Lipinski definition) is 3. The van der Waals surface area contributed by atoms with Crippen molar-refractivity contribution in [3.8, 4) is 0 Å². The highest BCUT2D eigenvalue weighted by Gasteiger charge is 2.28. The van der Waals surface area contributed by atoms with Crippen LogP contribution in [0.25, 0.3) is 0 Å². The van der Waals surface area contributed by atoms with Crippen molar-refractivity contribution in [2.24, 2.45) is 5.92 Å². The number of piperidine rings is 1. The molecule has 7 heteroatoms. The summed E-state index contributed by atoms with van der Waals surface area (Å²) < 4.78 is 0.